The summed E-state index contributed by atoms with van der Waals surface area (Å²) in [7, 11) is 6.17. The highest BCUT2D eigenvalue weighted by Crippen LogP contribution is 2.43. The molecule has 3 aromatic rings. The molecule has 2 heterocycles. The van der Waals surface area contributed by atoms with E-state index in [1.54, 1.807) is 31.0 Å². The summed E-state index contributed by atoms with van der Waals surface area (Å²) >= 11 is 13.1. The van der Waals surface area contributed by atoms with E-state index >= 15 is 0 Å². The number of nitrogens with one attached hydrogen (secondary N) is 2. The minimum atomic E-state index is -0.436. The molecule has 200 valence electrons. The van der Waals surface area contributed by atoms with Gasteiger partial charge in [-0.15, -0.1) is 0 Å². The zero-order valence-corrected chi connectivity index (χ0v) is 22.7. The van der Waals surface area contributed by atoms with Gasteiger partial charge in [0, 0.05) is 43.2 Å². The number of nitrogens with zero attached hydrogens (tertiary/aromatic N) is 4. The summed E-state index contributed by atoms with van der Waals surface area (Å²) in [5.41, 5.74) is 2.06. The number of methoxy groups -OCH3 is 3. The lowest BCUT2D eigenvalue weighted by Gasteiger charge is -2.17. The normalized spacial score (nSPS) is 11.2. The van der Waals surface area contributed by atoms with Crippen LogP contribution in [-0.2, 0) is 16.1 Å². The molecule has 13 heteroatoms. The van der Waals surface area contributed by atoms with Gasteiger partial charge < -0.3 is 24.8 Å². The van der Waals surface area contributed by atoms with Gasteiger partial charge in [-0.05, 0) is 12.2 Å². The highest BCUT2D eigenvalue weighted by molar-refractivity contribution is 6.39. The van der Waals surface area contributed by atoms with Crippen LogP contribution in [0.5, 0.6) is 11.5 Å². The Kier molecular flexibility index (Phi) is 9.83. The average Bonchev–Trinajstić information content (AvgIpc) is 3.33. The van der Waals surface area contributed by atoms with E-state index < -0.39 is 5.91 Å². The number of carbonyl (C=O) groups excluding carboxylic acids is 2. The van der Waals surface area contributed by atoms with Crippen LogP contribution in [0.2, 0.25) is 10.0 Å². The number of anilines is 1. The summed E-state index contributed by atoms with van der Waals surface area (Å²) < 4.78 is 17.4. The Morgan fingerprint density at radius 2 is 1.84 bits per heavy atom. The lowest BCUT2D eigenvalue weighted by atomic mass is 10.1. The number of benzene rings is 1. The van der Waals surface area contributed by atoms with E-state index in [1.807, 2.05) is 0 Å². The van der Waals surface area contributed by atoms with E-state index in [2.05, 4.69) is 32.3 Å². The van der Waals surface area contributed by atoms with E-state index in [0.717, 1.165) is 6.08 Å². The van der Waals surface area contributed by atoms with Crippen LogP contribution < -0.4 is 20.1 Å². The SMILES string of the molecule is C=CC(=O)Nc1cnn(CCOC)c1-c1ncc(/C=C(\NC)c2c(Cl)c(OC)cc(OC)c2Cl)c(C=O)n1. The molecule has 0 aliphatic rings. The highest BCUT2D eigenvalue weighted by Gasteiger charge is 2.22. The molecule has 1 amide bonds. The van der Waals surface area contributed by atoms with Crippen molar-refractivity contribution in [2.24, 2.45) is 0 Å². The summed E-state index contributed by atoms with van der Waals surface area (Å²) in [6, 6.07) is 1.58. The molecule has 1 aromatic carbocycles. The molecule has 2 aromatic heterocycles. The van der Waals surface area contributed by atoms with Crippen LogP contribution in [-0.4, -0.2) is 66.9 Å². The molecular formula is C25H26Cl2N6O5. The van der Waals surface area contributed by atoms with E-state index in [1.165, 1.54) is 26.6 Å². The first-order chi connectivity index (χ1) is 18.3. The monoisotopic (exact) mass is 560 g/mol. The van der Waals surface area contributed by atoms with Crippen molar-refractivity contribution in [3.63, 3.8) is 0 Å². The van der Waals surface area contributed by atoms with Gasteiger partial charge in [-0.3, -0.25) is 14.3 Å². The summed E-state index contributed by atoms with van der Waals surface area (Å²) in [6.45, 7) is 4.17. The zero-order valence-electron chi connectivity index (χ0n) is 21.2. The smallest absolute Gasteiger partial charge is 0.247 e. The molecule has 0 spiro atoms. The van der Waals surface area contributed by atoms with E-state index in [4.69, 9.17) is 37.4 Å². The maximum absolute atomic E-state index is 12.1. The Hall–Kier alpha value is -3.93. The third kappa shape index (κ3) is 5.96. The van der Waals surface area contributed by atoms with Crippen molar-refractivity contribution >= 4 is 52.9 Å². The van der Waals surface area contributed by atoms with Crippen molar-refractivity contribution in [1.29, 1.82) is 0 Å². The Balaban J connectivity index is 2.16. The van der Waals surface area contributed by atoms with Crippen LogP contribution in [0, 0.1) is 0 Å². The maximum Gasteiger partial charge on any atom is 0.247 e. The summed E-state index contributed by atoms with van der Waals surface area (Å²) in [5, 5.41) is 10.5. The Morgan fingerprint density at radius 1 is 1.16 bits per heavy atom. The third-order valence-electron chi connectivity index (χ3n) is 5.37. The summed E-state index contributed by atoms with van der Waals surface area (Å²) in [6.07, 6.45) is 6.28. The Labute approximate surface area is 229 Å². The number of aldehydes is 1. The molecule has 11 nitrogen and oxygen atoms in total. The van der Waals surface area contributed by atoms with Gasteiger partial charge in [-0.2, -0.15) is 5.10 Å². The quantitative estimate of drug-likeness (QED) is 0.249. The van der Waals surface area contributed by atoms with Crippen LogP contribution in [0.25, 0.3) is 23.3 Å². The van der Waals surface area contributed by atoms with Crippen LogP contribution in [0.4, 0.5) is 5.69 Å². The molecule has 0 unspecified atom stereocenters. The van der Waals surface area contributed by atoms with Crippen molar-refractivity contribution in [1.82, 2.24) is 25.1 Å². The van der Waals surface area contributed by atoms with Gasteiger partial charge in [0.25, 0.3) is 0 Å². The highest BCUT2D eigenvalue weighted by atomic mass is 35.5. The van der Waals surface area contributed by atoms with Crippen LogP contribution in [0.1, 0.15) is 21.6 Å². The molecule has 0 aliphatic carbocycles. The third-order valence-corrected chi connectivity index (χ3v) is 6.12. The standard InChI is InChI=1S/C25H26Cl2N6O5/c1-6-20(35)31-16-12-30-33(7-8-36-3)24(16)25-29-11-14(17(13-34)32-25)9-15(28-2)21-22(26)18(37-4)10-19(38-5)23(21)27/h6,9-13,28H,1,7-8H2,2-5H3,(H,31,35)/b15-9-. The Morgan fingerprint density at radius 3 is 2.39 bits per heavy atom. The lowest BCUT2D eigenvalue weighted by Crippen LogP contribution is -2.12. The van der Waals surface area contributed by atoms with E-state index in [-0.39, 0.29) is 21.6 Å². The number of hydrogen-bond donors (Lipinski definition) is 2. The van der Waals surface area contributed by atoms with E-state index in [9.17, 15) is 9.59 Å². The number of carbonyl (C=O) groups is 2. The fraction of sp³-hybridized carbons (Fsp3) is 0.240. The molecule has 0 saturated heterocycles. The summed E-state index contributed by atoms with van der Waals surface area (Å²) in [4.78, 5) is 33.0. The van der Waals surface area contributed by atoms with Crippen LogP contribution in [0.3, 0.4) is 0 Å². The van der Waals surface area contributed by atoms with Crippen LogP contribution in [0.15, 0.2) is 31.1 Å². The Bertz CT molecular complexity index is 1360. The molecular weight excluding hydrogens is 535 g/mol. The molecule has 0 aliphatic heterocycles. The first-order valence-corrected chi connectivity index (χ1v) is 11.9. The fourth-order valence-corrected chi connectivity index (χ4v) is 4.22. The van der Waals surface area contributed by atoms with Crippen molar-refractivity contribution in [3.05, 3.63) is 58.0 Å². The number of hydrogen-bond acceptors (Lipinski definition) is 9. The second-order valence-corrected chi connectivity index (χ2v) is 8.32. The summed E-state index contributed by atoms with van der Waals surface area (Å²) in [5.74, 6) is 0.436. The predicted molar refractivity (Wildman–Crippen MR) is 146 cm³/mol. The van der Waals surface area contributed by atoms with Crippen molar-refractivity contribution in [2.75, 3.05) is 40.3 Å². The van der Waals surface area contributed by atoms with Crippen molar-refractivity contribution < 1.29 is 23.8 Å². The zero-order chi connectivity index (χ0) is 27.8. The van der Waals surface area contributed by atoms with Gasteiger partial charge in [0.1, 0.15) is 22.9 Å². The van der Waals surface area contributed by atoms with Gasteiger partial charge in [-0.25, -0.2) is 9.97 Å². The minimum Gasteiger partial charge on any atom is -0.495 e. The second kappa shape index (κ2) is 13.0. The van der Waals surface area contributed by atoms with Crippen molar-refractivity contribution in [3.8, 4) is 23.0 Å². The topological polar surface area (TPSA) is 129 Å². The second-order valence-electron chi connectivity index (χ2n) is 7.56. The number of ether oxygens (including phenoxy) is 3. The molecule has 0 fully saturated rings. The number of aromatic nitrogens is 4. The van der Waals surface area contributed by atoms with Gasteiger partial charge >= 0.3 is 0 Å². The minimum absolute atomic E-state index is 0.0744. The van der Waals surface area contributed by atoms with Gasteiger partial charge in [-0.1, -0.05) is 29.8 Å². The first-order valence-electron chi connectivity index (χ1n) is 11.1. The number of halogens is 2. The maximum atomic E-state index is 12.1. The number of rotatable bonds is 12. The first kappa shape index (κ1) is 28.6. The largest absolute Gasteiger partial charge is 0.495 e. The lowest BCUT2D eigenvalue weighted by molar-refractivity contribution is -0.111. The van der Waals surface area contributed by atoms with Crippen molar-refractivity contribution in [2.45, 2.75) is 6.54 Å². The average molecular weight is 561 g/mol. The number of amides is 1. The molecule has 3 rings (SSSR count). The molecule has 0 saturated carbocycles. The predicted octanol–water partition coefficient (Wildman–Crippen LogP) is 3.97. The molecule has 0 bridgehead atoms. The van der Waals surface area contributed by atoms with E-state index in [0.29, 0.717) is 59.1 Å². The molecule has 2 N–H and O–H groups in total. The fourth-order valence-electron chi connectivity index (χ4n) is 3.51. The van der Waals surface area contributed by atoms with Gasteiger partial charge in [0.05, 0.1) is 49.3 Å². The van der Waals surface area contributed by atoms with Gasteiger partial charge in [0.2, 0.25) is 5.91 Å². The van der Waals surface area contributed by atoms with Crippen LogP contribution >= 0.6 is 23.2 Å². The molecule has 38 heavy (non-hydrogen) atoms. The van der Waals surface area contributed by atoms with Gasteiger partial charge in [0.15, 0.2) is 12.1 Å². The molecule has 0 radical (unpaired) electrons. The molecule has 0 atom stereocenters.